The highest BCUT2D eigenvalue weighted by molar-refractivity contribution is 6.08. The van der Waals surface area contributed by atoms with Crippen LogP contribution in [0, 0.1) is 11.7 Å². The smallest absolute Gasteiger partial charge is 0.254 e. The number of nitrogens with one attached hydrogen (secondary N) is 1. The summed E-state index contributed by atoms with van der Waals surface area (Å²) in [5.74, 6) is -0.134. The number of halogens is 1. The third-order valence-electron chi connectivity index (χ3n) is 6.04. The van der Waals surface area contributed by atoms with E-state index in [2.05, 4.69) is 10.3 Å². The molecule has 0 aliphatic heterocycles. The zero-order chi connectivity index (χ0) is 23.5. The van der Waals surface area contributed by atoms with E-state index < -0.39 is 11.7 Å². The van der Waals surface area contributed by atoms with Gasteiger partial charge in [0.2, 0.25) is 0 Å². The third kappa shape index (κ3) is 4.82. The number of pyridine rings is 1. The first kappa shape index (κ1) is 22.7. The number of methoxy groups -OCH3 is 1. The number of anilines is 1. The van der Waals surface area contributed by atoms with Crippen LogP contribution < -0.4 is 15.8 Å². The first-order valence-corrected chi connectivity index (χ1v) is 11.3. The minimum atomic E-state index is -0.622. The lowest BCUT2D eigenvalue weighted by Gasteiger charge is -2.14. The van der Waals surface area contributed by atoms with Crippen molar-refractivity contribution in [2.45, 2.75) is 39.0 Å². The number of nitrogens with two attached hydrogens (primary N) is 1. The Morgan fingerprint density at radius 2 is 2.00 bits per heavy atom. The molecule has 1 fully saturated rings. The molecule has 0 atom stereocenters. The van der Waals surface area contributed by atoms with E-state index in [1.165, 1.54) is 25.4 Å². The number of benzene rings is 2. The zero-order valence-corrected chi connectivity index (χ0v) is 18.9. The maximum absolute atomic E-state index is 14.8. The summed E-state index contributed by atoms with van der Waals surface area (Å²) in [4.78, 5) is 29.3. The Hall–Kier alpha value is -3.48. The van der Waals surface area contributed by atoms with Crippen LogP contribution in [-0.4, -0.2) is 30.3 Å². The van der Waals surface area contributed by atoms with Crippen LogP contribution in [0.15, 0.2) is 36.5 Å². The Bertz CT molecular complexity index is 1220. The lowest BCUT2D eigenvalue weighted by atomic mass is 9.97. The zero-order valence-electron chi connectivity index (χ0n) is 18.9. The molecular formula is C26H28FN3O3. The molecule has 6 nitrogen and oxygen atoms in total. The number of carbonyl (C=O) groups is 2. The summed E-state index contributed by atoms with van der Waals surface area (Å²) in [6, 6.07) is 7.93. The Morgan fingerprint density at radius 1 is 1.21 bits per heavy atom. The van der Waals surface area contributed by atoms with Gasteiger partial charge in [-0.1, -0.05) is 19.4 Å². The van der Waals surface area contributed by atoms with Gasteiger partial charge in [0.25, 0.3) is 5.91 Å². The lowest BCUT2D eigenvalue weighted by Crippen LogP contribution is -2.25. The Morgan fingerprint density at radius 3 is 2.67 bits per heavy atom. The number of aromatic nitrogens is 1. The molecule has 1 aliphatic rings. The molecule has 1 amide bonds. The summed E-state index contributed by atoms with van der Waals surface area (Å²) in [7, 11) is 1.52. The number of amides is 1. The number of hydrogen-bond donors (Lipinski definition) is 2. The fraction of sp³-hybridized carbons (Fsp3) is 0.346. The average molecular weight is 450 g/mol. The maximum Gasteiger partial charge on any atom is 0.254 e. The second-order valence-corrected chi connectivity index (χ2v) is 8.53. The van der Waals surface area contributed by atoms with E-state index in [-0.39, 0.29) is 11.3 Å². The molecule has 4 rings (SSSR count). The summed E-state index contributed by atoms with van der Waals surface area (Å²) >= 11 is 0. The molecule has 33 heavy (non-hydrogen) atoms. The molecule has 2 aromatic carbocycles. The fourth-order valence-electron chi connectivity index (χ4n) is 3.89. The van der Waals surface area contributed by atoms with Gasteiger partial charge in [-0.2, -0.15) is 0 Å². The molecule has 3 aromatic rings. The van der Waals surface area contributed by atoms with E-state index in [4.69, 9.17) is 10.5 Å². The van der Waals surface area contributed by atoms with Crippen molar-refractivity contribution < 1.29 is 18.7 Å². The Kier molecular flexibility index (Phi) is 6.58. The van der Waals surface area contributed by atoms with Gasteiger partial charge in [0, 0.05) is 36.2 Å². The van der Waals surface area contributed by atoms with Crippen molar-refractivity contribution in [3.63, 3.8) is 0 Å². The van der Waals surface area contributed by atoms with Gasteiger partial charge < -0.3 is 15.8 Å². The van der Waals surface area contributed by atoms with E-state index in [1.54, 1.807) is 18.2 Å². The number of Topliss-reactive ketones (excluding diaryl/α,β-unsaturated/α-hetero) is 1. The minimum Gasteiger partial charge on any atom is -0.496 e. The molecule has 0 saturated heterocycles. The first-order valence-electron chi connectivity index (χ1n) is 11.3. The largest absolute Gasteiger partial charge is 0.496 e. The number of ketones is 1. The van der Waals surface area contributed by atoms with Gasteiger partial charge >= 0.3 is 0 Å². The predicted octanol–water partition coefficient (Wildman–Crippen LogP) is 5.14. The summed E-state index contributed by atoms with van der Waals surface area (Å²) in [6.07, 6.45) is 5.93. The van der Waals surface area contributed by atoms with E-state index in [9.17, 15) is 14.0 Å². The van der Waals surface area contributed by atoms with Crippen LogP contribution in [0.1, 0.15) is 59.7 Å². The number of ether oxygens (including phenoxy) is 1. The van der Waals surface area contributed by atoms with E-state index in [0.29, 0.717) is 57.9 Å². The van der Waals surface area contributed by atoms with Crippen LogP contribution in [0.4, 0.5) is 10.1 Å². The highest BCUT2D eigenvalue weighted by Gasteiger charge is 2.26. The van der Waals surface area contributed by atoms with Gasteiger partial charge in [0.15, 0.2) is 5.78 Å². The predicted molar refractivity (Wildman–Crippen MR) is 127 cm³/mol. The van der Waals surface area contributed by atoms with Crippen molar-refractivity contribution in [2.75, 3.05) is 19.4 Å². The second-order valence-electron chi connectivity index (χ2n) is 8.53. The van der Waals surface area contributed by atoms with Crippen LogP contribution in [-0.2, 0) is 0 Å². The minimum absolute atomic E-state index is 0.00810. The van der Waals surface area contributed by atoms with Crippen LogP contribution >= 0.6 is 0 Å². The van der Waals surface area contributed by atoms with Crippen LogP contribution in [0.25, 0.3) is 22.0 Å². The molecule has 0 bridgehead atoms. The molecule has 3 N–H and O–H groups in total. The summed E-state index contributed by atoms with van der Waals surface area (Å²) in [5.41, 5.74) is 8.86. The van der Waals surface area contributed by atoms with Crippen LogP contribution in [0.2, 0.25) is 0 Å². The summed E-state index contributed by atoms with van der Waals surface area (Å²) < 4.78 is 20.4. The number of carbonyl (C=O) groups excluding carboxylic acids is 2. The molecule has 1 saturated carbocycles. The molecule has 0 spiro atoms. The highest BCUT2D eigenvalue weighted by Crippen LogP contribution is 2.38. The van der Waals surface area contributed by atoms with Crippen molar-refractivity contribution >= 4 is 28.3 Å². The Balaban J connectivity index is 1.71. The van der Waals surface area contributed by atoms with Crippen molar-refractivity contribution in [1.29, 1.82) is 0 Å². The van der Waals surface area contributed by atoms with Crippen molar-refractivity contribution in [1.82, 2.24) is 10.3 Å². The maximum atomic E-state index is 14.8. The third-order valence-corrected chi connectivity index (χ3v) is 6.04. The molecular weight excluding hydrogens is 421 g/mol. The topological polar surface area (TPSA) is 94.3 Å². The summed E-state index contributed by atoms with van der Waals surface area (Å²) in [6.45, 7) is 2.52. The number of fused-ring (bicyclic) bond motifs is 1. The number of unbranched alkanes of at least 4 members (excludes halogenated alkanes) is 1. The fourth-order valence-corrected chi connectivity index (χ4v) is 3.89. The molecule has 1 aliphatic carbocycles. The second kappa shape index (κ2) is 9.57. The Labute approximate surface area is 192 Å². The summed E-state index contributed by atoms with van der Waals surface area (Å²) in [5, 5.41) is 3.33. The van der Waals surface area contributed by atoms with Gasteiger partial charge in [0.1, 0.15) is 11.6 Å². The molecule has 0 radical (unpaired) electrons. The highest BCUT2D eigenvalue weighted by atomic mass is 19.1. The lowest BCUT2D eigenvalue weighted by molar-refractivity contribution is 0.0947. The van der Waals surface area contributed by atoms with Gasteiger partial charge in [-0.15, -0.1) is 0 Å². The van der Waals surface area contributed by atoms with Crippen molar-refractivity contribution in [2.24, 2.45) is 5.92 Å². The molecule has 7 heteroatoms. The number of hydrogen-bond acceptors (Lipinski definition) is 5. The van der Waals surface area contributed by atoms with E-state index in [0.717, 1.165) is 25.7 Å². The molecule has 0 unspecified atom stereocenters. The van der Waals surface area contributed by atoms with Crippen molar-refractivity contribution in [3.8, 4) is 16.9 Å². The number of nitrogens with zero attached hydrogens (tertiary/aromatic N) is 1. The molecule has 1 aromatic heterocycles. The van der Waals surface area contributed by atoms with Gasteiger partial charge in [-0.3, -0.25) is 14.6 Å². The number of nitrogen functional groups attached to an aromatic ring is 1. The molecule has 172 valence electrons. The van der Waals surface area contributed by atoms with Crippen LogP contribution in [0.3, 0.4) is 0 Å². The van der Waals surface area contributed by atoms with E-state index in [1.807, 2.05) is 6.92 Å². The normalized spacial score (nSPS) is 13.2. The SMILES string of the molecule is CCCCNC(=O)c1ccc(-c2cc3c(N)c(C(=O)CC4CC4)cnc3cc2OC)cc1F. The van der Waals surface area contributed by atoms with Crippen molar-refractivity contribution in [3.05, 3.63) is 53.5 Å². The number of rotatable bonds is 9. The first-order chi connectivity index (χ1) is 15.9. The average Bonchev–Trinajstić information content (AvgIpc) is 3.62. The monoisotopic (exact) mass is 449 g/mol. The van der Waals surface area contributed by atoms with Gasteiger partial charge in [0.05, 0.1) is 29.4 Å². The molecule has 1 heterocycles. The van der Waals surface area contributed by atoms with Gasteiger partial charge in [-0.05, 0) is 48.9 Å². The standard InChI is InChI=1S/C26H28FN3O3/c1-3-4-9-29-26(32)17-8-7-16(11-21(17)27)18-12-19-22(13-24(18)33-2)30-14-20(25(19)28)23(31)10-15-5-6-15/h7-8,11-15H,3-6,9-10H2,1-2H3,(H2,28,30)(H,29,32). The quantitative estimate of drug-likeness (QED) is 0.348. The van der Waals surface area contributed by atoms with E-state index >= 15 is 0 Å². The van der Waals surface area contributed by atoms with Crippen LogP contribution in [0.5, 0.6) is 5.75 Å². The van der Waals surface area contributed by atoms with Gasteiger partial charge in [-0.25, -0.2) is 4.39 Å².